The zero-order valence-corrected chi connectivity index (χ0v) is 39.0. The third-order valence-electron chi connectivity index (χ3n) is 0. The Hall–Kier alpha value is 0.600. The molecule has 0 spiro atoms. The Kier molecular flexibility index (Phi) is 7250000000. The Morgan fingerprint density at radius 1 is 0.0476 bits per heavy atom. The first-order valence-corrected chi connectivity index (χ1v) is 0. The molecular formula is H123Na3O60. The van der Waals surface area contributed by atoms with Crippen LogP contribution in [0.1, 0.15) is 4.28 Å². The van der Waals surface area contributed by atoms with Gasteiger partial charge >= 0.3 is 88.7 Å². The van der Waals surface area contributed by atoms with Crippen molar-refractivity contribution in [3.63, 3.8) is 0 Å². The summed E-state index contributed by atoms with van der Waals surface area (Å²) in [6.45, 7) is 0. The second-order valence-corrected chi connectivity index (χ2v) is 0. The van der Waals surface area contributed by atoms with Gasteiger partial charge in [-0.1, -0.05) is 0 Å². The minimum absolute atomic E-state index is 0. The van der Waals surface area contributed by atoms with E-state index in [4.69, 9.17) is 0 Å². The molecule has 0 saturated carbocycles. The van der Waals surface area contributed by atoms with E-state index in [1.54, 1.807) is 0 Å². The van der Waals surface area contributed by atoms with Gasteiger partial charge < -0.3 is 333 Å². The minimum atomic E-state index is 0. The third-order valence-corrected chi connectivity index (χ3v) is 0. The van der Waals surface area contributed by atoms with E-state index >= 15 is 0 Å². The van der Waals surface area contributed by atoms with Gasteiger partial charge in [-0.25, -0.2) is 0 Å². The van der Waals surface area contributed by atoms with Crippen molar-refractivity contribution in [2.45, 2.75) is 0 Å². The molecule has 0 aliphatic carbocycles. The topological polar surface area (TPSA) is 1890 Å². The van der Waals surface area contributed by atoms with E-state index in [9.17, 15) is 0 Å². The van der Waals surface area contributed by atoms with Gasteiger partial charge in [0.2, 0.25) is 0 Å². The minimum Gasteiger partial charge on any atom is -1.00 e. The monoisotopic (exact) mass is 1150 g/mol. The Balaban J connectivity index is 0. The van der Waals surface area contributed by atoms with Crippen LogP contribution < -0.4 is 88.7 Å². The number of hydrogen-bond acceptors (Lipinski definition) is 0. The standard InChI is InChI=1S/3Na.60H2O.3H/h;;;60*1H2;;;/q3*+1;;;;;;;;;;;;;;;;;;;;;;;;;;;;;;;;;;;;;;;;;;;;;;;;;;;;;;;;;;;;;3*-1. The molecule has 0 aromatic heterocycles. The molecule has 0 aliphatic rings. The Labute approximate surface area is 420 Å². The van der Waals surface area contributed by atoms with Crippen LogP contribution in [0.2, 0.25) is 0 Å². The number of rotatable bonds is 0. The van der Waals surface area contributed by atoms with Crippen LogP contribution in [0.25, 0.3) is 0 Å². The van der Waals surface area contributed by atoms with Crippen LogP contribution in [0.4, 0.5) is 0 Å². The van der Waals surface area contributed by atoms with E-state index in [0.717, 1.165) is 0 Å². The molecule has 0 atom stereocenters. The fourth-order valence-corrected chi connectivity index (χ4v) is 0. The maximum atomic E-state index is 0. The maximum Gasteiger partial charge on any atom is 1.00 e. The van der Waals surface area contributed by atoms with Crippen LogP contribution >= 0.6 is 0 Å². The summed E-state index contributed by atoms with van der Waals surface area (Å²) in [5, 5.41) is 0. The summed E-state index contributed by atoms with van der Waals surface area (Å²) >= 11 is 0. The summed E-state index contributed by atoms with van der Waals surface area (Å²) in [7, 11) is 0. The molecule has 0 unspecified atom stereocenters. The van der Waals surface area contributed by atoms with E-state index < -0.39 is 0 Å². The predicted octanol–water partition coefficient (Wildman–Crippen LogP) is -58.1. The van der Waals surface area contributed by atoms with Crippen molar-refractivity contribution in [2.24, 2.45) is 0 Å². The SMILES string of the molecule is O.O.O.O.O.O.O.O.O.O.O.O.O.O.O.O.O.O.O.O.O.O.O.O.O.O.O.O.O.O.O.O.O.O.O.O.O.O.O.O.O.O.O.O.O.O.O.O.O.O.O.O.O.O.O.O.O.O.O.O.[H-].[H-].[H-].[Na+].[Na+].[Na+]. The molecule has 0 heterocycles. The molecule has 0 radical (unpaired) electrons. The van der Waals surface area contributed by atoms with Gasteiger partial charge in [-0.15, -0.1) is 0 Å². The van der Waals surface area contributed by atoms with Gasteiger partial charge in [0.25, 0.3) is 0 Å². The van der Waals surface area contributed by atoms with Crippen molar-refractivity contribution in [2.75, 3.05) is 0 Å². The molecule has 120 N–H and O–H groups in total. The molecule has 0 amide bonds. The van der Waals surface area contributed by atoms with Gasteiger partial charge in [-0.2, -0.15) is 0 Å². The summed E-state index contributed by atoms with van der Waals surface area (Å²) < 4.78 is 0. The summed E-state index contributed by atoms with van der Waals surface area (Å²) in [5.41, 5.74) is 0. The second-order valence-electron chi connectivity index (χ2n) is 0. The first-order valence-electron chi connectivity index (χ1n) is 0. The van der Waals surface area contributed by atoms with Crippen molar-refractivity contribution in [1.82, 2.24) is 0 Å². The van der Waals surface area contributed by atoms with Crippen LogP contribution in [0.3, 0.4) is 0 Å². The Morgan fingerprint density at radius 3 is 0.0476 bits per heavy atom. The van der Waals surface area contributed by atoms with Crippen LogP contribution in [-0.2, 0) is 0 Å². The van der Waals surface area contributed by atoms with Crippen LogP contribution in [0.15, 0.2) is 0 Å². The fourth-order valence-electron chi connectivity index (χ4n) is 0. The van der Waals surface area contributed by atoms with E-state index in [1.807, 2.05) is 0 Å². The second kappa shape index (κ2) is 660000. The van der Waals surface area contributed by atoms with Gasteiger partial charge in [0.1, 0.15) is 0 Å². The fraction of sp³-hybridized carbons (Fsp3) is 0. The largest absolute Gasteiger partial charge is 1.00 e. The summed E-state index contributed by atoms with van der Waals surface area (Å²) in [6.07, 6.45) is 0. The number of hydrogen-bond donors (Lipinski definition) is 0. The Morgan fingerprint density at radius 2 is 0.0476 bits per heavy atom. The van der Waals surface area contributed by atoms with Gasteiger partial charge in [-0.05, 0) is 0 Å². The molecular weight excluding hydrogens is 1030 g/mol. The summed E-state index contributed by atoms with van der Waals surface area (Å²) in [6, 6.07) is 0. The van der Waals surface area contributed by atoms with Crippen LogP contribution in [-0.4, -0.2) is 329 Å². The smallest absolute Gasteiger partial charge is 1.00 e. The zero-order valence-electron chi connectivity index (χ0n) is 36.0. The van der Waals surface area contributed by atoms with Crippen LogP contribution in [0, 0.1) is 0 Å². The Bertz CT molecular complexity index is 35.0. The molecule has 0 bridgehead atoms. The molecule has 0 saturated heterocycles. The molecule has 486 valence electrons. The predicted molar refractivity (Wildman–Crippen MR) is 220 cm³/mol. The maximum absolute atomic E-state index is 0. The molecule has 0 aromatic rings. The summed E-state index contributed by atoms with van der Waals surface area (Å²) in [5.74, 6) is 0. The van der Waals surface area contributed by atoms with Crippen molar-refractivity contribution in [3.8, 4) is 0 Å². The van der Waals surface area contributed by atoms with Gasteiger partial charge in [0.15, 0.2) is 0 Å². The molecule has 63 heavy (non-hydrogen) atoms. The molecule has 0 rings (SSSR count). The normalized spacial score (nSPS) is 0. The average Bonchev–Trinajstić information content (AvgIpc) is 0. The van der Waals surface area contributed by atoms with Gasteiger partial charge in [-0.3, -0.25) is 0 Å². The van der Waals surface area contributed by atoms with Gasteiger partial charge in [0, 0.05) is 0 Å². The van der Waals surface area contributed by atoms with Crippen molar-refractivity contribution < 1.29 is 422 Å². The van der Waals surface area contributed by atoms with Crippen molar-refractivity contribution in [1.29, 1.82) is 0 Å². The quantitative estimate of drug-likeness (QED) is 0.204. The van der Waals surface area contributed by atoms with Crippen molar-refractivity contribution >= 4 is 0 Å². The zero-order chi connectivity index (χ0) is 0. The average molecular weight is 1150 g/mol. The van der Waals surface area contributed by atoms with Crippen LogP contribution in [0.5, 0.6) is 0 Å². The van der Waals surface area contributed by atoms with Crippen molar-refractivity contribution in [3.05, 3.63) is 0 Å². The molecule has 0 aliphatic heterocycles. The van der Waals surface area contributed by atoms with E-state index in [-0.39, 0.29) is 422 Å². The molecule has 0 fully saturated rings. The van der Waals surface area contributed by atoms with E-state index in [1.165, 1.54) is 0 Å². The van der Waals surface area contributed by atoms with Gasteiger partial charge in [0.05, 0.1) is 0 Å². The molecule has 0 aromatic carbocycles. The van der Waals surface area contributed by atoms with E-state index in [0.29, 0.717) is 0 Å². The third kappa shape index (κ3) is 639000. The van der Waals surface area contributed by atoms with E-state index in [2.05, 4.69) is 0 Å². The first-order chi connectivity index (χ1) is 0. The molecule has 60 nitrogen and oxygen atoms in total. The first kappa shape index (κ1) is 692000. The molecule has 63 heteroatoms. The summed E-state index contributed by atoms with van der Waals surface area (Å²) in [4.78, 5) is 0.